The van der Waals surface area contributed by atoms with Crippen LogP contribution in [0.3, 0.4) is 0 Å². The van der Waals surface area contributed by atoms with E-state index in [1.165, 1.54) is 24.4 Å². The number of benzene rings is 1. The van der Waals surface area contributed by atoms with Crippen LogP contribution in [0.15, 0.2) is 30.5 Å². The van der Waals surface area contributed by atoms with E-state index in [2.05, 4.69) is 20.6 Å². The molecule has 138 valence electrons. The first-order chi connectivity index (χ1) is 12.1. The fourth-order valence-corrected chi connectivity index (χ4v) is 2.11. The number of aliphatic hydroxyl groups is 1. The minimum atomic E-state index is -4.46. The lowest BCUT2D eigenvalue weighted by molar-refractivity contribution is -0.138. The quantitative estimate of drug-likeness (QED) is 0.728. The molecule has 1 aromatic carbocycles. The van der Waals surface area contributed by atoms with Gasteiger partial charge in [-0.2, -0.15) is 23.4 Å². The Balaban J connectivity index is 2.17. The summed E-state index contributed by atoms with van der Waals surface area (Å²) in [6, 6.07) is 7.13. The van der Waals surface area contributed by atoms with Crippen LogP contribution in [0.2, 0.25) is 0 Å². The molecule has 6 nitrogen and oxygen atoms in total. The smallest absolute Gasteiger partial charge is 0.389 e. The fourth-order valence-electron chi connectivity index (χ4n) is 2.11. The highest BCUT2D eigenvalue weighted by molar-refractivity contribution is 5.53. The molecule has 26 heavy (non-hydrogen) atoms. The number of nitriles is 1. The third-order valence-corrected chi connectivity index (χ3v) is 3.36. The lowest BCUT2D eigenvalue weighted by Crippen LogP contribution is -2.30. The molecule has 1 heterocycles. The molecule has 0 radical (unpaired) electrons. The minimum Gasteiger partial charge on any atom is -0.389 e. The zero-order valence-electron chi connectivity index (χ0n) is 14.2. The van der Waals surface area contributed by atoms with E-state index in [-0.39, 0.29) is 36.0 Å². The summed E-state index contributed by atoms with van der Waals surface area (Å²) in [4.78, 5) is 8.04. The highest BCUT2D eigenvalue weighted by atomic mass is 19.4. The largest absolute Gasteiger partial charge is 0.416 e. The van der Waals surface area contributed by atoms with Crippen LogP contribution >= 0.6 is 0 Å². The first-order valence-electron chi connectivity index (χ1n) is 7.72. The molecule has 9 heteroatoms. The van der Waals surface area contributed by atoms with Crippen LogP contribution in [0.1, 0.15) is 30.5 Å². The number of nitrogens with zero attached hydrogens (tertiary/aromatic N) is 3. The molecule has 2 aromatic rings. The zero-order chi connectivity index (χ0) is 19.4. The number of aromatic nitrogens is 2. The Hall–Kier alpha value is -2.86. The summed E-state index contributed by atoms with van der Waals surface area (Å²) in [5.41, 5.74) is -1.55. The predicted molar refractivity (Wildman–Crippen MR) is 90.3 cm³/mol. The molecule has 0 atom stereocenters. The summed E-state index contributed by atoms with van der Waals surface area (Å²) >= 11 is 0. The Bertz CT molecular complexity index is 809. The number of hydrogen-bond acceptors (Lipinski definition) is 6. The molecule has 0 bridgehead atoms. The van der Waals surface area contributed by atoms with E-state index in [9.17, 15) is 18.3 Å². The summed E-state index contributed by atoms with van der Waals surface area (Å²) in [7, 11) is 0. The highest BCUT2D eigenvalue weighted by Crippen LogP contribution is 2.32. The first-order valence-corrected chi connectivity index (χ1v) is 7.72. The van der Waals surface area contributed by atoms with Crippen molar-refractivity contribution in [3.8, 4) is 6.07 Å². The second-order valence-corrected chi connectivity index (χ2v) is 6.24. The van der Waals surface area contributed by atoms with Gasteiger partial charge in [0.05, 0.1) is 17.4 Å². The molecule has 2 rings (SSSR count). The van der Waals surface area contributed by atoms with E-state index in [1.807, 2.05) is 6.07 Å². The second-order valence-electron chi connectivity index (χ2n) is 6.24. The maximum Gasteiger partial charge on any atom is 0.416 e. The molecule has 0 fully saturated rings. The van der Waals surface area contributed by atoms with Gasteiger partial charge in [-0.1, -0.05) is 18.2 Å². The van der Waals surface area contributed by atoms with Crippen LogP contribution in [-0.4, -0.2) is 27.2 Å². The van der Waals surface area contributed by atoms with Gasteiger partial charge in [0.15, 0.2) is 0 Å². The van der Waals surface area contributed by atoms with Crippen LogP contribution in [-0.2, 0) is 12.7 Å². The van der Waals surface area contributed by atoms with Crippen LogP contribution in [0.5, 0.6) is 0 Å². The highest BCUT2D eigenvalue weighted by Gasteiger charge is 2.32. The third-order valence-electron chi connectivity index (χ3n) is 3.36. The van der Waals surface area contributed by atoms with Crippen molar-refractivity contribution in [3.05, 3.63) is 47.2 Å². The van der Waals surface area contributed by atoms with Crippen molar-refractivity contribution < 1.29 is 18.3 Å². The fraction of sp³-hybridized carbons (Fsp3) is 0.353. The molecule has 3 N–H and O–H groups in total. The molecule has 0 saturated heterocycles. The summed E-state index contributed by atoms with van der Waals surface area (Å²) in [5, 5.41) is 24.4. The van der Waals surface area contributed by atoms with Crippen LogP contribution in [0.4, 0.5) is 24.9 Å². The molecule has 0 amide bonds. The number of alkyl halides is 3. The van der Waals surface area contributed by atoms with E-state index < -0.39 is 17.3 Å². The van der Waals surface area contributed by atoms with E-state index >= 15 is 0 Å². The minimum absolute atomic E-state index is 0.0546. The Labute approximate surface area is 148 Å². The topological polar surface area (TPSA) is 93.9 Å². The molecular weight excluding hydrogens is 347 g/mol. The normalized spacial score (nSPS) is 11.7. The molecule has 1 aromatic heterocycles. The van der Waals surface area contributed by atoms with Crippen molar-refractivity contribution in [1.29, 1.82) is 5.26 Å². The number of nitrogens with one attached hydrogen (secondary N) is 2. The van der Waals surface area contributed by atoms with E-state index in [0.29, 0.717) is 0 Å². The molecule has 0 saturated carbocycles. The van der Waals surface area contributed by atoms with Gasteiger partial charge in [0, 0.05) is 13.1 Å². The average Bonchev–Trinajstić information content (AvgIpc) is 2.57. The maximum absolute atomic E-state index is 13.0. The molecule has 0 spiro atoms. The van der Waals surface area contributed by atoms with Gasteiger partial charge in [0.25, 0.3) is 0 Å². The Morgan fingerprint density at radius 3 is 2.50 bits per heavy atom. The Morgan fingerprint density at radius 1 is 1.19 bits per heavy atom. The van der Waals surface area contributed by atoms with E-state index in [0.717, 1.165) is 6.07 Å². The number of hydrogen-bond donors (Lipinski definition) is 3. The van der Waals surface area contributed by atoms with Crippen molar-refractivity contribution in [2.75, 3.05) is 17.2 Å². The van der Waals surface area contributed by atoms with Crippen molar-refractivity contribution in [1.82, 2.24) is 9.97 Å². The SMILES string of the molecule is CC(C)(O)CNc1nc(NCc2ccccc2C(F)(F)F)ncc1C#N. The zero-order valence-corrected chi connectivity index (χ0v) is 14.2. The van der Waals surface area contributed by atoms with Crippen molar-refractivity contribution in [2.24, 2.45) is 0 Å². The van der Waals surface area contributed by atoms with Gasteiger partial charge in [-0.3, -0.25) is 0 Å². The molecule has 0 aliphatic heterocycles. The standard InChI is InChI=1S/C17H18F3N5O/c1-16(2,26)10-24-14-12(7-21)9-23-15(25-14)22-8-11-5-3-4-6-13(11)17(18,19)20/h3-6,9,26H,8,10H2,1-2H3,(H2,22,23,24,25). The van der Waals surface area contributed by atoms with Crippen LogP contribution in [0.25, 0.3) is 0 Å². The van der Waals surface area contributed by atoms with Gasteiger partial charge >= 0.3 is 6.18 Å². The lowest BCUT2D eigenvalue weighted by atomic mass is 10.1. The van der Waals surface area contributed by atoms with Gasteiger partial charge in [-0.05, 0) is 25.5 Å². The summed E-state index contributed by atoms with van der Waals surface area (Å²) in [5.74, 6) is 0.260. The number of halogens is 3. The summed E-state index contributed by atoms with van der Waals surface area (Å²) in [6.45, 7) is 3.17. The van der Waals surface area contributed by atoms with Gasteiger partial charge in [-0.25, -0.2) is 4.98 Å². The Morgan fingerprint density at radius 2 is 1.88 bits per heavy atom. The number of rotatable bonds is 6. The van der Waals surface area contributed by atoms with Crippen molar-refractivity contribution in [2.45, 2.75) is 32.2 Å². The van der Waals surface area contributed by atoms with Gasteiger partial charge in [0.2, 0.25) is 5.95 Å². The average molecular weight is 365 g/mol. The summed E-state index contributed by atoms with van der Waals surface area (Å²) < 4.78 is 39.1. The molecular formula is C17H18F3N5O. The van der Waals surface area contributed by atoms with Crippen LogP contribution in [0, 0.1) is 11.3 Å². The first kappa shape index (κ1) is 19.5. The second kappa shape index (κ2) is 7.58. The van der Waals surface area contributed by atoms with E-state index in [4.69, 9.17) is 5.26 Å². The van der Waals surface area contributed by atoms with Crippen molar-refractivity contribution >= 4 is 11.8 Å². The van der Waals surface area contributed by atoms with Gasteiger partial charge in [0.1, 0.15) is 17.5 Å². The van der Waals surface area contributed by atoms with Gasteiger partial charge < -0.3 is 15.7 Å². The monoisotopic (exact) mass is 365 g/mol. The maximum atomic E-state index is 13.0. The predicted octanol–water partition coefficient (Wildman–Crippen LogP) is 3.16. The third kappa shape index (κ3) is 5.32. The van der Waals surface area contributed by atoms with E-state index in [1.54, 1.807) is 13.8 Å². The Kier molecular flexibility index (Phi) is 5.67. The lowest BCUT2D eigenvalue weighted by Gasteiger charge is -2.19. The molecule has 0 aliphatic carbocycles. The van der Waals surface area contributed by atoms with Crippen molar-refractivity contribution in [3.63, 3.8) is 0 Å². The molecule has 0 aliphatic rings. The van der Waals surface area contributed by atoms with Gasteiger partial charge in [-0.15, -0.1) is 0 Å². The van der Waals surface area contributed by atoms with Crippen LogP contribution < -0.4 is 10.6 Å². The number of anilines is 2. The summed E-state index contributed by atoms with van der Waals surface area (Å²) in [6.07, 6.45) is -3.19. The molecule has 0 unspecified atom stereocenters.